The van der Waals surface area contributed by atoms with Gasteiger partial charge in [-0.15, -0.1) is 11.3 Å². The zero-order chi connectivity index (χ0) is 20.0. The van der Waals surface area contributed by atoms with Gasteiger partial charge in [-0.2, -0.15) is 11.7 Å². The van der Waals surface area contributed by atoms with Gasteiger partial charge in [0.15, 0.2) is 0 Å². The fourth-order valence-electron chi connectivity index (χ4n) is 5.58. The van der Waals surface area contributed by atoms with Crippen molar-refractivity contribution in [2.45, 2.75) is 94.7 Å². The van der Waals surface area contributed by atoms with Crippen molar-refractivity contribution < 1.29 is 42.9 Å². The summed E-state index contributed by atoms with van der Waals surface area (Å²) in [6.07, 6.45) is 11.5. The van der Waals surface area contributed by atoms with E-state index >= 15 is 0 Å². The predicted octanol–water partition coefficient (Wildman–Crippen LogP) is 5.62. The van der Waals surface area contributed by atoms with Gasteiger partial charge in [-0.3, -0.25) is 0 Å². The summed E-state index contributed by atoms with van der Waals surface area (Å²) in [4.78, 5) is 1.33. The van der Waals surface area contributed by atoms with Gasteiger partial charge in [0.25, 0.3) is 0 Å². The van der Waals surface area contributed by atoms with Gasteiger partial charge < -0.3 is 17.1 Å². The van der Waals surface area contributed by atoms with Crippen LogP contribution in [0.5, 0.6) is 0 Å². The van der Waals surface area contributed by atoms with Crippen LogP contribution in [0.25, 0.3) is 0 Å². The monoisotopic (exact) mass is 491 g/mol. The maximum atomic E-state index is 11.0. The minimum absolute atomic E-state index is 0. The summed E-state index contributed by atoms with van der Waals surface area (Å²) in [6, 6.07) is 6.72. The smallest absolute Gasteiger partial charge is 0.0659 e. The topological polar surface area (TPSA) is 64.2 Å². The summed E-state index contributed by atoms with van der Waals surface area (Å²) in [7, 11) is 0. The first-order valence-corrected chi connectivity index (χ1v) is 12.1. The molecule has 3 rings (SSSR count). The van der Waals surface area contributed by atoms with Gasteiger partial charge in [0.2, 0.25) is 0 Å². The predicted molar refractivity (Wildman–Crippen MR) is 115 cm³/mol. The number of nitriles is 1. The third-order valence-electron chi connectivity index (χ3n) is 7.42. The van der Waals surface area contributed by atoms with E-state index in [0.29, 0.717) is 12.3 Å². The third kappa shape index (κ3) is 5.92. The molecule has 0 spiro atoms. The average molecular weight is 492 g/mol. The van der Waals surface area contributed by atoms with Crippen LogP contribution < -0.4 is 0 Å². The van der Waals surface area contributed by atoms with Gasteiger partial charge in [0.1, 0.15) is 0 Å². The van der Waals surface area contributed by atoms with Crippen LogP contribution >= 0.6 is 11.3 Å². The Bertz CT molecular complexity index is 625. The molecule has 1 heterocycles. The van der Waals surface area contributed by atoms with Crippen molar-refractivity contribution in [1.29, 1.82) is 5.26 Å². The van der Waals surface area contributed by atoms with Gasteiger partial charge in [-0.05, 0) is 61.8 Å². The van der Waals surface area contributed by atoms with Gasteiger partial charge in [0.05, 0.1) is 24.2 Å². The number of rotatable bonds is 11. The SMILES string of the molecule is [CH2-]CCCCC[C@@H]1[C@@H](CCCC(O)C2(c3cccs3)CCC2)[C@H](O)C[C@H]1C#N.[Y]. The van der Waals surface area contributed by atoms with Crippen LogP contribution in [0.4, 0.5) is 0 Å². The molecule has 0 aromatic carbocycles. The molecule has 5 atom stereocenters. The summed E-state index contributed by atoms with van der Waals surface area (Å²) in [6.45, 7) is 3.90. The molecule has 1 aromatic rings. The van der Waals surface area contributed by atoms with E-state index < -0.39 is 0 Å². The zero-order valence-electron chi connectivity index (χ0n) is 17.6. The molecule has 3 nitrogen and oxygen atoms in total. The number of unbranched alkanes of at least 4 members (excludes halogenated alkanes) is 3. The van der Waals surface area contributed by atoms with Crippen LogP contribution in [0.1, 0.15) is 81.9 Å². The zero-order valence-corrected chi connectivity index (χ0v) is 21.3. The summed E-state index contributed by atoms with van der Waals surface area (Å²) in [5.74, 6) is 0.529. The van der Waals surface area contributed by atoms with Crippen molar-refractivity contribution in [1.82, 2.24) is 0 Å². The molecule has 1 aromatic heterocycles. The summed E-state index contributed by atoms with van der Waals surface area (Å²) in [5.41, 5.74) is -0.0226. The molecule has 2 aliphatic rings. The largest absolute Gasteiger partial charge is 0.393 e. The van der Waals surface area contributed by atoms with E-state index in [0.717, 1.165) is 57.8 Å². The van der Waals surface area contributed by atoms with Crippen molar-refractivity contribution >= 4 is 11.3 Å². The van der Waals surface area contributed by atoms with Crippen LogP contribution in [-0.2, 0) is 38.1 Å². The molecule has 0 bridgehead atoms. The number of hydrogen-bond acceptors (Lipinski definition) is 4. The normalized spacial score (nSPS) is 28.9. The first-order valence-electron chi connectivity index (χ1n) is 11.2. The number of aliphatic hydroxyl groups is 2. The van der Waals surface area contributed by atoms with Crippen LogP contribution in [0.15, 0.2) is 17.5 Å². The quantitative estimate of drug-likeness (QED) is 0.312. The Hall–Kier alpha value is 0.214. The molecule has 159 valence electrons. The number of aliphatic hydroxyl groups excluding tert-OH is 2. The molecule has 0 amide bonds. The van der Waals surface area contributed by atoms with Crippen LogP contribution in [0, 0.1) is 36.0 Å². The standard InChI is InChI=1S/C24H36NO2S.Y/c1-2-3-4-5-9-19-18(17-25)16-21(26)20(19)10-6-11-22(27)24(13-8-14-24)23-12-7-15-28-23;/h7,12,15,18-22,26-27H,1-6,8-11,13-14,16H2;/q-1;/t18-,19-,20+,21+,22?;/m0./s1. The van der Waals surface area contributed by atoms with Gasteiger partial charge in [-0.1, -0.05) is 38.2 Å². The van der Waals surface area contributed by atoms with Crippen LogP contribution in [-0.4, -0.2) is 22.4 Å². The maximum Gasteiger partial charge on any atom is 0.0659 e. The fraction of sp³-hybridized carbons (Fsp3) is 0.750. The minimum atomic E-state index is -0.352. The van der Waals surface area contributed by atoms with Gasteiger partial charge in [-0.25, -0.2) is 0 Å². The summed E-state index contributed by atoms with van der Waals surface area (Å²) >= 11 is 1.77. The number of hydrogen-bond donors (Lipinski definition) is 2. The average Bonchev–Trinajstić information content (AvgIpc) is 3.27. The van der Waals surface area contributed by atoms with E-state index in [1.165, 1.54) is 17.7 Å². The molecule has 5 heteroatoms. The molecular weight excluding hydrogens is 455 g/mol. The van der Waals surface area contributed by atoms with Crippen molar-refractivity contribution in [2.24, 2.45) is 17.8 Å². The van der Waals surface area contributed by atoms with E-state index in [1.807, 2.05) is 0 Å². The Kier molecular flexibility index (Phi) is 10.8. The Balaban J connectivity index is 0.00000300. The second kappa shape index (κ2) is 12.3. The van der Waals surface area contributed by atoms with E-state index in [9.17, 15) is 15.5 Å². The Morgan fingerprint density at radius 1 is 1.21 bits per heavy atom. The molecule has 29 heavy (non-hydrogen) atoms. The van der Waals surface area contributed by atoms with Crippen LogP contribution in [0.2, 0.25) is 0 Å². The molecule has 0 saturated heterocycles. The Labute approximate surface area is 206 Å². The number of thiophene rings is 1. The minimum Gasteiger partial charge on any atom is -0.393 e. The molecule has 2 saturated carbocycles. The number of nitrogens with zero attached hydrogens (tertiary/aromatic N) is 1. The second-order valence-corrected chi connectivity index (χ2v) is 9.95. The van der Waals surface area contributed by atoms with Gasteiger partial charge in [0, 0.05) is 43.0 Å². The van der Waals surface area contributed by atoms with E-state index in [4.69, 9.17) is 0 Å². The molecule has 0 aliphatic heterocycles. The van der Waals surface area contributed by atoms with E-state index in [1.54, 1.807) is 11.3 Å². The van der Waals surface area contributed by atoms with Gasteiger partial charge >= 0.3 is 0 Å². The van der Waals surface area contributed by atoms with Crippen molar-refractivity contribution in [3.05, 3.63) is 29.3 Å². The molecular formula is C24H36NO2SY-. The Morgan fingerprint density at radius 2 is 1.97 bits per heavy atom. The maximum absolute atomic E-state index is 11.0. The molecule has 2 N–H and O–H groups in total. The second-order valence-electron chi connectivity index (χ2n) is 9.00. The van der Waals surface area contributed by atoms with E-state index in [2.05, 4.69) is 30.5 Å². The first-order chi connectivity index (χ1) is 13.6. The molecule has 2 aliphatic carbocycles. The molecule has 2 fully saturated rings. The van der Waals surface area contributed by atoms with E-state index in [-0.39, 0.29) is 62.2 Å². The van der Waals surface area contributed by atoms with Crippen molar-refractivity contribution in [3.63, 3.8) is 0 Å². The molecule has 1 unspecified atom stereocenters. The van der Waals surface area contributed by atoms with Crippen LogP contribution in [0.3, 0.4) is 0 Å². The first kappa shape index (κ1) is 25.5. The van der Waals surface area contributed by atoms with Crippen molar-refractivity contribution in [2.75, 3.05) is 0 Å². The third-order valence-corrected chi connectivity index (χ3v) is 8.51. The summed E-state index contributed by atoms with van der Waals surface area (Å²) in [5, 5.41) is 33.2. The fourth-order valence-corrected chi connectivity index (χ4v) is 6.62. The molecule has 1 radical (unpaired) electrons. The Morgan fingerprint density at radius 3 is 2.55 bits per heavy atom. The van der Waals surface area contributed by atoms with Crippen molar-refractivity contribution in [3.8, 4) is 6.07 Å². The summed E-state index contributed by atoms with van der Waals surface area (Å²) < 4.78 is 0.